The number of nitrogens with one attached hydrogen (secondary N) is 1. The highest BCUT2D eigenvalue weighted by atomic mass is 16.4. The van der Waals surface area contributed by atoms with Gasteiger partial charge in [0.05, 0.1) is 0 Å². The molecule has 1 heterocycles. The van der Waals surface area contributed by atoms with Crippen molar-refractivity contribution in [1.82, 2.24) is 14.9 Å². The normalized spacial score (nSPS) is 12.0. The lowest BCUT2D eigenvalue weighted by atomic mass is 10.1. The lowest BCUT2D eigenvalue weighted by Gasteiger charge is -2.23. The van der Waals surface area contributed by atoms with Crippen molar-refractivity contribution >= 4 is 11.9 Å². The van der Waals surface area contributed by atoms with Gasteiger partial charge in [0.2, 0.25) is 5.91 Å². The van der Waals surface area contributed by atoms with Gasteiger partial charge in [0.15, 0.2) is 0 Å². The number of carbonyl (C=O) groups excluding carboxylic acids is 1. The van der Waals surface area contributed by atoms with Gasteiger partial charge in [-0.1, -0.05) is 6.92 Å². The molecule has 0 radical (unpaired) electrons. The highest BCUT2D eigenvalue weighted by molar-refractivity contribution is 5.83. The van der Waals surface area contributed by atoms with Gasteiger partial charge in [-0.2, -0.15) is 0 Å². The van der Waals surface area contributed by atoms with Gasteiger partial charge in [-0.3, -0.25) is 9.59 Å². The van der Waals surface area contributed by atoms with Gasteiger partial charge < -0.3 is 15.0 Å². The molecule has 1 aromatic heterocycles. The highest BCUT2D eigenvalue weighted by Crippen LogP contribution is 2.08. The van der Waals surface area contributed by atoms with Crippen LogP contribution in [0, 0.1) is 13.8 Å². The standard InChI is InChI=1S/C14H21N3O4/c1-5-11(14(20)21)17(4)12(18)7-6-10-8(2)15-9(3)16-13(10)19/h11H,5-7H2,1-4H3,(H,20,21)(H,15,16,19). The molecule has 1 aromatic rings. The molecule has 2 N–H and O–H groups in total. The van der Waals surface area contributed by atoms with Gasteiger partial charge in [0.25, 0.3) is 5.56 Å². The number of aromatic amines is 1. The van der Waals surface area contributed by atoms with Crippen LogP contribution in [0.5, 0.6) is 0 Å². The average molecular weight is 295 g/mol. The minimum absolute atomic E-state index is 0.0783. The van der Waals surface area contributed by atoms with Gasteiger partial charge in [-0.05, 0) is 26.7 Å². The van der Waals surface area contributed by atoms with Gasteiger partial charge >= 0.3 is 5.97 Å². The van der Waals surface area contributed by atoms with E-state index in [0.29, 0.717) is 23.5 Å². The number of hydrogen-bond acceptors (Lipinski definition) is 4. The Bertz CT molecular complexity index is 594. The van der Waals surface area contributed by atoms with Crippen molar-refractivity contribution in [1.29, 1.82) is 0 Å². The number of rotatable bonds is 6. The summed E-state index contributed by atoms with van der Waals surface area (Å²) in [5.74, 6) is -0.801. The smallest absolute Gasteiger partial charge is 0.326 e. The zero-order valence-corrected chi connectivity index (χ0v) is 12.8. The molecule has 0 aromatic carbocycles. The number of carboxylic acid groups (broad SMARTS) is 1. The summed E-state index contributed by atoms with van der Waals surface area (Å²) in [6.45, 7) is 5.12. The number of aromatic nitrogens is 2. The van der Waals surface area contributed by atoms with Crippen LogP contribution in [-0.2, 0) is 16.0 Å². The van der Waals surface area contributed by atoms with Crippen LogP contribution >= 0.6 is 0 Å². The van der Waals surface area contributed by atoms with E-state index < -0.39 is 12.0 Å². The number of H-pyrrole nitrogens is 1. The molecule has 0 saturated carbocycles. The fourth-order valence-corrected chi connectivity index (χ4v) is 2.24. The van der Waals surface area contributed by atoms with Crippen LogP contribution in [-0.4, -0.2) is 44.9 Å². The quantitative estimate of drug-likeness (QED) is 0.801. The number of amides is 1. The lowest BCUT2D eigenvalue weighted by molar-refractivity contribution is -0.149. The predicted molar refractivity (Wildman–Crippen MR) is 77.1 cm³/mol. The summed E-state index contributed by atoms with van der Waals surface area (Å²) in [5.41, 5.74) is 0.809. The van der Waals surface area contributed by atoms with E-state index in [9.17, 15) is 14.4 Å². The number of likely N-dealkylation sites (N-methyl/N-ethyl adjacent to an activating group) is 1. The van der Waals surface area contributed by atoms with Crippen LogP contribution in [0.15, 0.2) is 4.79 Å². The molecule has 0 aliphatic rings. The maximum Gasteiger partial charge on any atom is 0.326 e. The monoisotopic (exact) mass is 295 g/mol. The van der Waals surface area contributed by atoms with Crippen LogP contribution in [0.3, 0.4) is 0 Å². The van der Waals surface area contributed by atoms with Crippen molar-refractivity contribution in [3.63, 3.8) is 0 Å². The molecule has 0 aliphatic heterocycles. The molecule has 1 unspecified atom stereocenters. The Morgan fingerprint density at radius 1 is 1.38 bits per heavy atom. The first-order chi connectivity index (χ1) is 9.77. The van der Waals surface area contributed by atoms with Crippen molar-refractivity contribution in [2.24, 2.45) is 0 Å². The molecule has 0 bridgehead atoms. The number of nitrogens with zero attached hydrogens (tertiary/aromatic N) is 2. The maximum absolute atomic E-state index is 12.0. The second kappa shape index (κ2) is 7.01. The van der Waals surface area contributed by atoms with Gasteiger partial charge in [0.1, 0.15) is 11.9 Å². The first-order valence-electron chi connectivity index (χ1n) is 6.82. The minimum atomic E-state index is -1.03. The molecule has 0 fully saturated rings. The van der Waals surface area contributed by atoms with E-state index in [1.807, 2.05) is 0 Å². The third-order valence-corrected chi connectivity index (χ3v) is 3.46. The molecule has 0 saturated heterocycles. The fourth-order valence-electron chi connectivity index (χ4n) is 2.24. The van der Waals surface area contributed by atoms with Crippen molar-refractivity contribution in [3.05, 3.63) is 27.4 Å². The van der Waals surface area contributed by atoms with Crippen molar-refractivity contribution in [2.75, 3.05) is 7.05 Å². The molecular weight excluding hydrogens is 274 g/mol. The first-order valence-corrected chi connectivity index (χ1v) is 6.82. The summed E-state index contributed by atoms with van der Waals surface area (Å²) in [4.78, 5) is 42.9. The van der Waals surface area contributed by atoms with E-state index in [0.717, 1.165) is 0 Å². The number of carbonyl (C=O) groups is 2. The molecule has 1 rings (SSSR count). The molecule has 7 nitrogen and oxygen atoms in total. The topological polar surface area (TPSA) is 103 Å². The molecule has 1 amide bonds. The zero-order chi connectivity index (χ0) is 16.2. The van der Waals surface area contributed by atoms with Crippen LogP contribution in [0.1, 0.15) is 36.8 Å². The summed E-state index contributed by atoms with van der Waals surface area (Å²) in [7, 11) is 1.47. The summed E-state index contributed by atoms with van der Waals surface area (Å²) < 4.78 is 0. The van der Waals surface area contributed by atoms with E-state index in [4.69, 9.17) is 5.11 Å². The number of aliphatic carboxylic acids is 1. The SMILES string of the molecule is CCC(C(=O)O)N(C)C(=O)CCc1c(C)nc(C)[nH]c1=O. The van der Waals surface area contributed by atoms with Crippen LogP contribution in [0.25, 0.3) is 0 Å². The van der Waals surface area contributed by atoms with Crippen molar-refractivity contribution in [2.45, 2.75) is 46.1 Å². The van der Waals surface area contributed by atoms with E-state index in [2.05, 4.69) is 9.97 Å². The maximum atomic E-state index is 12.0. The Morgan fingerprint density at radius 2 is 2.00 bits per heavy atom. The van der Waals surface area contributed by atoms with Gasteiger partial charge in [-0.15, -0.1) is 0 Å². The van der Waals surface area contributed by atoms with Crippen LogP contribution < -0.4 is 5.56 Å². The largest absolute Gasteiger partial charge is 0.480 e. The Balaban J connectivity index is 2.78. The minimum Gasteiger partial charge on any atom is -0.480 e. The number of carboxylic acids is 1. The Labute approximate surface area is 123 Å². The summed E-state index contributed by atoms with van der Waals surface area (Å²) in [6, 6.07) is -0.840. The molecule has 116 valence electrons. The van der Waals surface area contributed by atoms with Crippen LogP contribution in [0.4, 0.5) is 0 Å². The zero-order valence-electron chi connectivity index (χ0n) is 12.8. The summed E-state index contributed by atoms with van der Waals surface area (Å²) >= 11 is 0. The molecule has 0 spiro atoms. The van der Waals surface area contributed by atoms with Gasteiger partial charge in [-0.25, -0.2) is 9.78 Å². The third-order valence-electron chi connectivity index (χ3n) is 3.46. The fraction of sp³-hybridized carbons (Fsp3) is 0.571. The molecule has 21 heavy (non-hydrogen) atoms. The second-order valence-electron chi connectivity index (χ2n) is 4.98. The van der Waals surface area contributed by atoms with Crippen molar-refractivity contribution in [3.8, 4) is 0 Å². The van der Waals surface area contributed by atoms with E-state index >= 15 is 0 Å². The highest BCUT2D eigenvalue weighted by Gasteiger charge is 2.24. The lowest BCUT2D eigenvalue weighted by Crippen LogP contribution is -2.42. The summed E-state index contributed by atoms with van der Waals surface area (Å²) in [6.07, 6.45) is 0.659. The van der Waals surface area contributed by atoms with E-state index in [1.54, 1.807) is 20.8 Å². The predicted octanol–water partition coefficient (Wildman–Crippen LogP) is 0.641. The molecular formula is C14H21N3O4. The summed E-state index contributed by atoms with van der Waals surface area (Å²) in [5, 5.41) is 9.04. The van der Waals surface area contributed by atoms with Crippen LogP contribution in [0.2, 0.25) is 0 Å². The second-order valence-corrected chi connectivity index (χ2v) is 4.98. The average Bonchev–Trinajstić information content (AvgIpc) is 2.37. The molecule has 1 atom stereocenters. The van der Waals surface area contributed by atoms with E-state index in [-0.39, 0.29) is 24.3 Å². The van der Waals surface area contributed by atoms with E-state index in [1.165, 1.54) is 11.9 Å². The Kier molecular flexibility index (Phi) is 5.63. The Hall–Kier alpha value is -2.18. The first kappa shape index (κ1) is 16.9. The molecule has 7 heteroatoms. The van der Waals surface area contributed by atoms with Gasteiger partial charge in [0, 0.05) is 24.7 Å². The van der Waals surface area contributed by atoms with Crippen molar-refractivity contribution < 1.29 is 14.7 Å². The Morgan fingerprint density at radius 3 is 2.48 bits per heavy atom. The third kappa shape index (κ3) is 4.14. The number of aryl methyl sites for hydroxylation is 2. The number of hydrogen-bond donors (Lipinski definition) is 2. The molecule has 0 aliphatic carbocycles.